The zero-order valence-corrected chi connectivity index (χ0v) is 6.62. The van der Waals surface area contributed by atoms with Crippen molar-refractivity contribution in [2.24, 2.45) is 5.73 Å². The largest absolute Gasteiger partial charge is 0.364 e. The molecular formula is C5H12NO2P. The third kappa shape index (κ3) is 5.90. The molecule has 0 heterocycles. The van der Waals surface area contributed by atoms with Crippen LogP contribution >= 0.6 is 9.47 Å². The molecular weight excluding hydrogens is 137 g/mol. The lowest BCUT2D eigenvalue weighted by atomic mass is 10.2. The van der Waals surface area contributed by atoms with Gasteiger partial charge < -0.3 is 10.3 Å². The fourth-order valence-electron chi connectivity index (χ4n) is 0.552. The second-order valence-electron chi connectivity index (χ2n) is 2.00. The average Bonchev–Trinajstić information content (AvgIpc) is 1.63. The zero-order chi connectivity index (χ0) is 7.28. The van der Waals surface area contributed by atoms with Gasteiger partial charge in [-0.2, -0.15) is 0 Å². The van der Waals surface area contributed by atoms with E-state index in [1.165, 1.54) is 6.92 Å². The van der Waals surface area contributed by atoms with Gasteiger partial charge in [-0.15, -0.1) is 0 Å². The Morgan fingerprint density at radius 2 is 2.44 bits per heavy atom. The molecule has 0 saturated heterocycles. The van der Waals surface area contributed by atoms with Crippen molar-refractivity contribution in [3.8, 4) is 0 Å². The van der Waals surface area contributed by atoms with Crippen LogP contribution in [0.1, 0.15) is 13.3 Å². The zero-order valence-electron chi connectivity index (χ0n) is 5.46. The summed E-state index contributed by atoms with van der Waals surface area (Å²) in [5, 5.41) is 0. The number of hydrogen-bond acceptors (Lipinski definition) is 3. The van der Waals surface area contributed by atoms with Gasteiger partial charge in [0.1, 0.15) is 5.78 Å². The summed E-state index contributed by atoms with van der Waals surface area (Å²) in [6.07, 6.45) is 0.397. The fourth-order valence-corrected chi connectivity index (χ4v) is 0.799. The van der Waals surface area contributed by atoms with Gasteiger partial charge in [0, 0.05) is 21.9 Å². The number of carbonyl (C=O) groups excluding carboxylic acids is 1. The molecule has 4 heteroatoms. The van der Waals surface area contributed by atoms with E-state index in [-0.39, 0.29) is 11.8 Å². The monoisotopic (exact) mass is 149 g/mol. The van der Waals surface area contributed by atoms with Crippen molar-refractivity contribution in [3.63, 3.8) is 0 Å². The van der Waals surface area contributed by atoms with Crippen molar-refractivity contribution in [1.29, 1.82) is 0 Å². The highest BCUT2D eigenvalue weighted by Gasteiger charge is 2.03. The van der Waals surface area contributed by atoms with E-state index in [1.807, 2.05) is 0 Å². The summed E-state index contributed by atoms with van der Waals surface area (Å²) in [5.74, 6) is 0.101. The SMILES string of the molecule is CC(=O)CC(N)COP. The topological polar surface area (TPSA) is 52.3 Å². The summed E-state index contributed by atoms with van der Waals surface area (Å²) in [6.45, 7) is 1.94. The standard InChI is InChI=1S/C5H12NO2P/c1-4(7)2-5(6)3-8-9/h5H,2-3,6,9H2,1H3. The van der Waals surface area contributed by atoms with Crippen molar-refractivity contribution in [2.45, 2.75) is 19.4 Å². The first-order valence-corrected chi connectivity index (χ1v) is 3.20. The number of Topliss-reactive ketones (excluding diaryl/α,β-unsaturated/α-hetero) is 1. The third-order valence-corrected chi connectivity index (χ3v) is 1.05. The summed E-state index contributed by atoms with van der Waals surface area (Å²) >= 11 is 0. The van der Waals surface area contributed by atoms with E-state index in [0.717, 1.165) is 0 Å². The number of carbonyl (C=O) groups is 1. The van der Waals surface area contributed by atoms with Crippen LogP contribution in [0.2, 0.25) is 0 Å². The first-order valence-electron chi connectivity index (χ1n) is 2.73. The maximum Gasteiger partial charge on any atom is 0.131 e. The molecule has 0 rings (SSSR count). The summed E-state index contributed by atoms with van der Waals surface area (Å²) in [7, 11) is 2.09. The Labute approximate surface area is 57.2 Å². The number of rotatable bonds is 4. The fraction of sp³-hybridized carbons (Fsp3) is 0.800. The van der Waals surface area contributed by atoms with E-state index >= 15 is 0 Å². The van der Waals surface area contributed by atoms with Gasteiger partial charge in [-0.05, 0) is 6.92 Å². The van der Waals surface area contributed by atoms with Gasteiger partial charge in [0.15, 0.2) is 0 Å². The van der Waals surface area contributed by atoms with Crippen LogP contribution in [0.25, 0.3) is 0 Å². The van der Waals surface area contributed by atoms with Gasteiger partial charge in [-0.3, -0.25) is 4.79 Å². The average molecular weight is 149 g/mol. The molecule has 0 aromatic heterocycles. The molecule has 2 unspecified atom stereocenters. The first-order chi connectivity index (χ1) is 4.16. The van der Waals surface area contributed by atoms with Gasteiger partial charge in [0.05, 0.1) is 6.61 Å². The molecule has 0 spiro atoms. The number of hydrogen-bond donors (Lipinski definition) is 1. The Morgan fingerprint density at radius 1 is 1.89 bits per heavy atom. The van der Waals surface area contributed by atoms with Gasteiger partial charge in [0.2, 0.25) is 0 Å². The lowest BCUT2D eigenvalue weighted by Gasteiger charge is -2.05. The van der Waals surface area contributed by atoms with Crippen molar-refractivity contribution < 1.29 is 9.32 Å². The van der Waals surface area contributed by atoms with E-state index < -0.39 is 0 Å². The van der Waals surface area contributed by atoms with E-state index in [2.05, 4.69) is 14.0 Å². The van der Waals surface area contributed by atoms with Crippen LogP contribution in [-0.4, -0.2) is 18.4 Å². The van der Waals surface area contributed by atoms with Crippen molar-refractivity contribution in [1.82, 2.24) is 0 Å². The Bertz CT molecular complexity index is 97.0. The molecule has 54 valence electrons. The van der Waals surface area contributed by atoms with Crippen LogP contribution in [0.5, 0.6) is 0 Å². The molecule has 0 aliphatic heterocycles. The molecule has 0 aromatic rings. The van der Waals surface area contributed by atoms with Crippen LogP contribution in [0.4, 0.5) is 0 Å². The van der Waals surface area contributed by atoms with Crippen molar-refractivity contribution in [2.75, 3.05) is 6.61 Å². The Hall–Kier alpha value is 0.0200. The van der Waals surface area contributed by atoms with E-state index in [4.69, 9.17) is 5.73 Å². The highest BCUT2D eigenvalue weighted by atomic mass is 31.0. The number of ketones is 1. The Kier molecular flexibility index (Phi) is 4.87. The minimum atomic E-state index is -0.153. The normalized spacial score (nSPS) is 13.2. The highest BCUT2D eigenvalue weighted by Crippen LogP contribution is 1.93. The minimum Gasteiger partial charge on any atom is -0.364 e. The lowest BCUT2D eigenvalue weighted by molar-refractivity contribution is -0.117. The van der Waals surface area contributed by atoms with Gasteiger partial charge >= 0.3 is 0 Å². The molecule has 0 saturated carbocycles. The summed E-state index contributed by atoms with van der Waals surface area (Å²) in [6, 6.07) is -0.153. The predicted octanol–water partition coefficient (Wildman–Crippen LogP) is 0.0995. The van der Waals surface area contributed by atoms with Gasteiger partial charge in [-0.1, -0.05) is 0 Å². The lowest BCUT2D eigenvalue weighted by Crippen LogP contribution is -2.26. The molecule has 0 aliphatic carbocycles. The van der Waals surface area contributed by atoms with Crippen LogP contribution in [0.3, 0.4) is 0 Å². The van der Waals surface area contributed by atoms with Crippen LogP contribution < -0.4 is 5.73 Å². The van der Waals surface area contributed by atoms with E-state index in [0.29, 0.717) is 13.0 Å². The molecule has 0 bridgehead atoms. The summed E-state index contributed by atoms with van der Waals surface area (Å²) in [4.78, 5) is 10.4. The third-order valence-electron chi connectivity index (χ3n) is 0.860. The highest BCUT2D eigenvalue weighted by molar-refractivity contribution is 7.09. The maximum atomic E-state index is 10.4. The van der Waals surface area contributed by atoms with Crippen LogP contribution in [-0.2, 0) is 9.32 Å². The molecule has 0 fully saturated rings. The molecule has 0 aromatic carbocycles. The maximum absolute atomic E-state index is 10.4. The smallest absolute Gasteiger partial charge is 0.131 e. The molecule has 2 atom stereocenters. The summed E-state index contributed by atoms with van der Waals surface area (Å²) in [5.41, 5.74) is 5.43. The Morgan fingerprint density at radius 3 is 2.78 bits per heavy atom. The minimum absolute atomic E-state index is 0.101. The molecule has 0 radical (unpaired) electrons. The van der Waals surface area contributed by atoms with Crippen molar-refractivity contribution >= 4 is 15.2 Å². The second-order valence-corrected chi connectivity index (χ2v) is 2.33. The van der Waals surface area contributed by atoms with Crippen molar-refractivity contribution in [3.05, 3.63) is 0 Å². The molecule has 0 amide bonds. The second kappa shape index (κ2) is 4.86. The quantitative estimate of drug-likeness (QED) is 0.577. The van der Waals surface area contributed by atoms with Crippen LogP contribution in [0.15, 0.2) is 0 Å². The predicted molar refractivity (Wildman–Crippen MR) is 38.9 cm³/mol. The van der Waals surface area contributed by atoms with Gasteiger partial charge in [-0.25, -0.2) is 0 Å². The molecule has 9 heavy (non-hydrogen) atoms. The van der Waals surface area contributed by atoms with E-state index in [1.54, 1.807) is 0 Å². The van der Waals surface area contributed by atoms with Gasteiger partial charge in [0.25, 0.3) is 0 Å². The van der Waals surface area contributed by atoms with Crippen LogP contribution in [0, 0.1) is 0 Å². The molecule has 3 nitrogen and oxygen atoms in total. The van der Waals surface area contributed by atoms with E-state index in [9.17, 15) is 4.79 Å². The first kappa shape index (κ1) is 9.02. The Balaban J connectivity index is 3.26. The number of nitrogens with two attached hydrogens (primary N) is 1. The summed E-state index contributed by atoms with van der Waals surface area (Å²) < 4.78 is 4.64. The molecule has 0 aliphatic rings. The molecule has 2 N–H and O–H groups in total.